The van der Waals surface area contributed by atoms with E-state index in [1.54, 1.807) is 7.11 Å². The third-order valence-electron chi connectivity index (χ3n) is 3.34. The van der Waals surface area contributed by atoms with Crippen LogP contribution in [-0.4, -0.2) is 43.2 Å². The van der Waals surface area contributed by atoms with Crippen molar-refractivity contribution in [2.75, 3.05) is 20.2 Å². The minimum atomic E-state index is 0.169. The van der Waals surface area contributed by atoms with Crippen LogP contribution in [0, 0.1) is 0 Å². The van der Waals surface area contributed by atoms with Gasteiger partial charge in [0.2, 0.25) is 5.91 Å². The van der Waals surface area contributed by atoms with Crippen LogP contribution in [0.25, 0.3) is 0 Å². The Balaban J connectivity index is 2.49. The van der Waals surface area contributed by atoms with Gasteiger partial charge in [0.05, 0.1) is 6.10 Å². The summed E-state index contributed by atoms with van der Waals surface area (Å²) >= 11 is 0. The average molecular weight is 228 g/mol. The highest BCUT2D eigenvalue weighted by Crippen LogP contribution is 2.20. The Bertz CT molecular complexity index is 221. The van der Waals surface area contributed by atoms with Crippen LogP contribution in [0.5, 0.6) is 0 Å². The van der Waals surface area contributed by atoms with Crippen LogP contribution >= 0.6 is 0 Å². The number of ether oxygens (including phenoxy) is 1. The van der Waals surface area contributed by atoms with Crippen molar-refractivity contribution in [3.63, 3.8) is 0 Å². The van der Waals surface area contributed by atoms with Crippen LogP contribution in [0.1, 0.15) is 39.0 Å². The molecule has 2 N–H and O–H groups in total. The van der Waals surface area contributed by atoms with Gasteiger partial charge in [-0.2, -0.15) is 0 Å². The van der Waals surface area contributed by atoms with E-state index in [2.05, 4.69) is 6.92 Å². The highest BCUT2D eigenvalue weighted by molar-refractivity contribution is 5.76. The third kappa shape index (κ3) is 3.46. The molecule has 0 unspecified atom stereocenters. The van der Waals surface area contributed by atoms with Crippen LogP contribution in [0.4, 0.5) is 0 Å². The molecule has 0 bridgehead atoms. The standard InChI is InChI=1S/C12H24N2O2/c1-3-4-5-12(15)14-7-6-11(16-2)8-10(14)9-13/h10-11H,3-9,13H2,1-2H3/t10-,11+/m0/s1. The maximum atomic E-state index is 12.0. The van der Waals surface area contributed by atoms with Gasteiger partial charge in [-0.25, -0.2) is 0 Å². The third-order valence-corrected chi connectivity index (χ3v) is 3.34. The Morgan fingerprint density at radius 1 is 1.56 bits per heavy atom. The average Bonchev–Trinajstić information content (AvgIpc) is 2.34. The number of hydrogen-bond donors (Lipinski definition) is 1. The smallest absolute Gasteiger partial charge is 0.222 e. The lowest BCUT2D eigenvalue weighted by atomic mass is 9.98. The molecular formula is C12H24N2O2. The number of nitrogens with zero attached hydrogens (tertiary/aromatic N) is 1. The van der Waals surface area contributed by atoms with Crippen molar-refractivity contribution >= 4 is 5.91 Å². The fraction of sp³-hybridized carbons (Fsp3) is 0.917. The molecule has 94 valence electrons. The Morgan fingerprint density at radius 2 is 2.31 bits per heavy atom. The van der Waals surface area contributed by atoms with Crippen molar-refractivity contribution < 1.29 is 9.53 Å². The normalized spacial score (nSPS) is 25.8. The molecule has 2 atom stereocenters. The van der Waals surface area contributed by atoms with E-state index in [4.69, 9.17) is 10.5 Å². The molecule has 1 heterocycles. The second-order valence-corrected chi connectivity index (χ2v) is 4.46. The van der Waals surface area contributed by atoms with E-state index in [1.165, 1.54) is 0 Å². The zero-order chi connectivity index (χ0) is 12.0. The molecule has 1 amide bonds. The van der Waals surface area contributed by atoms with Crippen molar-refractivity contribution in [1.82, 2.24) is 4.90 Å². The Morgan fingerprint density at radius 3 is 2.88 bits per heavy atom. The highest BCUT2D eigenvalue weighted by atomic mass is 16.5. The van der Waals surface area contributed by atoms with Gasteiger partial charge in [-0.1, -0.05) is 13.3 Å². The first-order valence-electron chi connectivity index (χ1n) is 6.25. The van der Waals surface area contributed by atoms with E-state index in [-0.39, 0.29) is 18.1 Å². The second kappa shape index (κ2) is 6.86. The monoisotopic (exact) mass is 228 g/mol. The fourth-order valence-corrected chi connectivity index (χ4v) is 2.25. The van der Waals surface area contributed by atoms with E-state index < -0.39 is 0 Å². The summed E-state index contributed by atoms with van der Waals surface area (Å²) in [6, 6.07) is 0.169. The molecular weight excluding hydrogens is 204 g/mol. The zero-order valence-corrected chi connectivity index (χ0v) is 10.4. The van der Waals surface area contributed by atoms with E-state index in [0.29, 0.717) is 13.0 Å². The van der Waals surface area contributed by atoms with Gasteiger partial charge in [0.25, 0.3) is 0 Å². The summed E-state index contributed by atoms with van der Waals surface area (Å²) in [5, 5.41) is 0. The van der Waals surface area contributed by atoms with Crippen molar-refractivity contribution in [3.05, 3.63) is 0 Å². The summed E-state index contributed by atoms with van der Waals surface area (Å²) in [7, 11) is 1.73. The van der Waals surface area contributed by atoms with Crippen molar-refractivity contribution in [3.8, 4) is 0 Å². The number of methoxy groups -OCH3 is 1. The van der Waals surface area contributed by atoms with Gasteiger partial charge < -0.3 is 15.4 Å². The highest BCUT2D eigenvalue weighted by Gasteiger charge is 2.30. The predicted octanol–water partition coefficient (Wildman–Crippen LogP) is 1.14. The number of piperidine rings is 1. The lowest BCUT2D eigenvalue weighted by Crippen LogP contribution is -2.51. The Labute approximate surface area is 98.1 Å². The predicted molar refractivity (Wildman–Crippen MR) is 64.1 cm³/mol. The molecule has 16 heavy (non-hydrogen) atoms. The number of unbranched alkanes of at least 4 members (excludes halogenated alkanes) is 1. The first-order chi connectivity index (χ1) is 7.72. The van der Waals surface area contributed by atoms with Gasteiger partial charge in [-0.05, 0) is 19.3 Å². The molecule has 0 saturated carbocycles. The van der Waals surface area contributed by atoms with Crippen LogP contribution in [-0.2, 0) is 9.53 Å². The molecule has 0 aromatic heterocycles. The summed E-state index contributed by atoms with van der Waals surface area (Å²) in [6.07, 6.45) is 4.78. The van der Waals surface area contributed by atoms with Crippen molar-refractivity contribution in [2.45, 2.75) is 51.2 Å². The summed E-state index contributed by atoms with van der Waals surface area (Å²) in [6.45, 7) is 3.44. The quantitative estimate of drug-likeness (QED) is 0.767. The topological polar surface area (TPSA) is 55.6 Å². The van der Waals surface area contributed by atoms with Crippen molar-refractivity contribution in [2.24, 2.45) is 5.73 Å². The van der Waals surface area contributed by atoms with E-state index >= 15 is 0 Å². The van der Waals surface area contributed by atoms with Crippen LogP contribution in [0.2, 0.25) is 0 Å². The minimum absolute atomic E-state index is 0.169. The number of carbonyl (C=O) groups is 1. The summed E-state index contributed by atoms with van der Waals surface area (Å²) < 4.78 is 5.34. The summed E-state index contributed by atoms with van der Waals surface area (Å²) in [4.78, 5) is 13.9. The van der Waals surface area contributed by atoms with E-state index in [1.807, 2.05) is 4.90 Å². The maximum Gasteiger partial charge on any atom is 0.222 e. The molecule has 1 rings (SSSR count). The maximum absolute atomic E-state index is 12.0. The Kier molecular flexibility index (Phi) is 5.77. The molecule has 0 aromatic rings. The molecule has 1 aliphatic rings. The van der Waals surface area contributed by atoms with Gasteiger partial charge in [-0.15, -0.1) is 0 Å². The van der Waals surface area contributed by atoms with Gasteiger partial charge >= 0.3 is 0 Å². The van der Waals surface area contributed by atoms with Crippen LogP contribution < -0.4 is 5.73 Å². The summed E-state index contributed by atoms with van der Waals surface area (Å²) in [5.41, 5.74) is 5.73. The largest absolute Gasteiger partial charge is 0.381 e. The second-order valence-electron chi connectivity index (χ2n) is 4.46. The minimum Gasteiger partial charge on any atom is -0.381 e. The molecule has 1 fully saturated rings. The van der Waals surface area contributed by atoms with Gasteiger partial charge in [0, 0.05) is 32.7 Å². The molecule has 0 aliphatic carbocycles. The van der Waals surface area contributed by atoms with Crippen LogP contribution in [0.15, 0.2) is 0 Å². The SMILES string of the molecule is CCCCC(=O)N1CC[C@@H](OC)C[C@H]1CN. The van der Waals surface area contributed by atoms with Gasteiger partial charge in [-0.3, -0.25) is 4.79 Å². The number of rotatable bonds is 5. The zero-order valence-electron chi connectivity index (χ0n) is 10.4. The van der Waals surface area contributed by atoms with Gasteiger partial charge in [0.1, 0.15) is 0 Å². The molecule has 0 spiro atoms. The van der Waals surface area contributed by atoms with E-state index in [9.17, 15) is 4.79 Å². The number of likely N-dealkylation sites (tertiary alicyclic amines) is 1. The lowest BCUT2D eigenvalue weighted by Gasteiger charge is -2.38. The molecule has 4 nitrogen and oxygen atoms in total. The first-order valence-corrected chi connectivity index (χ1v) is 6.25. The molecule has 1 saturated heterocycles. The number of hydrogen-bond acceptors (Lipinski definition) is 3. The number of amides is 1. The number of nitrogens with two attached hydrogens (primary N) is 1. The lowest BCUT2D eigenvalue weighted by molar-refractivity contribution is -0.136. The Hall–Kier alpha value is -0.610. The molecule has 0 radical (unpaired) electrons. The van der Waals surface area contributed by atoms with Gasteiger partial charge in [0.15, 0.2) is 0 Å². The molecule has 0 aromatic carbocycles. The molecule has 4 heteroatoms. The molecule has 1 aliphatic heterocycles. The van der Waals surface area contributed by atoms with Crippen LogP contribution in [0.3, 0.4) is 0 Å². The van der Waals surface area contributed by atoms with Crippen molar-refractivity contribution in [1.29, 1.82) is 0 Å². The summed E-state index contributed by atoms with van der Waals surface area (Å²) in [5.74, 6) is 0.256. The van der Waals surface area contributed by atoms with E-state index in [0.717, 1.165) is 32.2 Å². The first kappa shape index (κ1) is 13.5. The fourth-order valence-electron chi connectivity index (χ4n) is 2.25. The number of carbonyl (C=O) groups excluding carboxylic acids is 1.